The van der Waals surface area contributed by atoms with Crippen molar-refractivity contribution in [2.45, 2.75) is 12.1 Å². The number of carbonyl (C=O) groups is 2. The average molecular weight is 334 g/mol. The predicted molar refractivity (Wildman–Crippen MR) is 68.4 cm³/mol. The fourth-order valence-corrected chi connectivity index (χ4v) is 3.96. The summed E-state index contributed by atoms with van der Waals surface area (Å²) in [6.45, 7) is 0.0673. The minimum absolute atomic E-state index is 0.0673. The molecule has 9 nitrogen and oxygen atoms in total. The topological polar surface area (TPSA) is 113 Å². The zero-order chi connectivity index (χ0) is 15.4. The first kappa shape index (κ1) is 14.3. The Bertz CT molecular complexity index is 713. The summed E-state index contributed by atoms with van der Waals surface area (Å²) < 4.78 is 39.6. The van der Waals surface area contributed by atoms with E-state index in [0.717, 1.165) is 4.90 Å². The van der Waals surface area contributed by atoms with Crippen LogP contribution in [0.15, 0.2) is 11.4 Å². The van der Waals surface area contributed by atoms with Gasteiger partial charge in [-0.15, -0.1) is 15.6 Å². The van der Waals surface area contributed by atoms with Gasteiger partial charge in [0.15, 0.2) is 6.04 Å². The summed E-state index contributed by atoms with van der Waals surface area (Å²) in [6, 6.07) is -0.793. The summed E-state index contributed by atoms with van der Waals surface area (Å²) >= 11 is 1.26. The van der Waals surface area contributed by atoms with Crippen LogP contribution >= 0.6 is 11.3 Å². The van der Waals surface area contributed by atoms with Gasteiger partial charge in [-0.1, -0.05) is 0 Å². The summed E-state index contributed by atoms with van der Waals surface area (Å²) in [4.78, 5) is 25.9. The average Bonchev–Trinajstić information content (AvgIpc) is 2.97. The minimum atomic E-state index is -4.84. The maximum atomic E-state index is 12.2. The molecule has 0 spiro atoms. The Morgan fingerprint density at radius 3 is 2.86 bits per heavy atom. The Kier molecular flexibility index (Phi) is 3.16. The Morgan fingerprint density at radius 1 is 1.52 bits per heavy atom. The zero-order valence-electron chi connectivity index (χ0n) is 10.6. The van der Waals surface area contributed by atoms with Crippen molar-refractivity contribution in [3.63, 3.8) is 0 Å². The number of hydrogen-bond donors (Lipinski definition) is 1. The lowest BCUT2D eigenvalue weighted by Crippen LogP contribution is -2.38. The summed E-state index contributed by atoms with van der Waals surface area (Å²) in [5.74, 6) is -0.626. The Balaban J connectivity index is 2.06. The first-order chi connectivity index (χ1) is 9.83. The number of hydrogen-bond acceptors (Lipinski definition) is 7. The van der Waals surface area contributed by atoms with Crippen molar-refractivity contribution in [3.8, 4) is 0 Å². The molecule has 3 heterocycles. The first-order valence-corrected chi connectivity index (χ1v) is 8.00. The van der Waals surface area contributed by atoms with E-state index >= 15 is 0 Å². The van der Waals surface area contributed by atoms with E-state index in [0.29, 0.717) is 15.5 Å². The highest BCUT2D eigenvalue weighted by Crippen LogP contribution is 2.46. The zero-order valence-corrected chi connectivity index (χ0v) is 12.3. The number of hydroxylamine groups is 2. The van der Waals surface area contributed by atoms with E-state index in [2.05, 4.69) is 4.28 Å². The van der Waals surface area contributed by atoms with Crippen LogP contribution in [0.1, 0.15) is 22.5 Å². The van der Waals surface area contributed by atoms with Crippen molar-refractivity contribution in [1.82, 2.24) is 9.96 Å². The van der Waals surface area contributed by atoms with Gasteiger partial charge < -0.3 is 9.64 Å². The monoisotopic (exact) mass is 334 g/mol. The summed E-state index contributed by atoms with van der Waals surface area (Å²) in [7, 11) is -3.64. The van der Waals surface area contributed by atoms with Gasteiger partial charge in [-0.3, -0.25) is 4.55 Å². The van der Waals surface area contributed by atoms with Crippen LogP contribution in [0.25, 0.3) is 0 Å². The van der Waals surface area contributed by atoms with E-state index in [4.69, 9.17) is 9.29 Å². The molecule has 2 aliphatic heterocycles. The van der Waals surface area contributed by atoms with E-state index in [-0.39, 0.29) is 6.54 Å². The molecule has 0 aliphatic carbocycles. The van der Waals surface area contributed by atoms with Crippen molar-refractivity contribution in [1.29, 1.82) is 0 Å². The van der Waals surface area contributed by atoms with Crippen molar-refractivity contribution in [2.75, 3.05) is 13.7 Å². The van der Waals surface area contributed by atoms with E-state index < -0.39 is 34.5 Å². The smallest absolute Gasteiger partial charge is 0.418 e. The number of urea groups is 1. The number of methoxy groups -OCH3 is 1. The van der Waals surface area contributed by atoms with Crippen LogP contribution < -0.4 is 0 Å². The second-order valence-electron chi connectivity index (χ2n) is 4.44. The fourth-order valence-electron chi connectivity index (χ4n) is 2.54. The molecule has 0 saturated carbocycles. The number of amides is 2. The SMILES string of the molecule is COC(=O)[C@@H]1c2sccc2[C@H]2CN1C(=O)N2OS(=O)(=O)O. The maximum absolute atomic E-state index is 12.2. The van der Waals surface area contributed by atoms with Gasteiger partial charge in [0.1, 0.15) is 6.04 Å². The lowest BCUT2D eigenvalue weighted by atomic mass is 10.00. The number of nitrogens with zero attached hydrogens (tertiary/aromatic N) is 2. The quantitative estimate of drug-likeness (QED) is 0.632. The molecule has 1 fully saturated rings. The molecule has 3 rings (SSSR count). The van der Waals surface area contributed by atoms with E-state index in [1.54, 1.807) is 11.4 Å². The molecule has 21 heavy (non-hydrogen) atoms. The molecule has 0 aromatic carbocycles. The molecule has 1 saturated heterocycles. The van der Waals surface area contributed by atoms with E-state index in [9.17, 15) is 18.0 Å². The summed E-state index contributed by atoms with van der Waals surface area (Å²) in [5, 5.41) is 2.28. The molecule has 1 aromatic heterocycles. The summed E-state index contributed by atoms with van der Waals surface area (Å²) in [6.07, 6.45) is 0. The minimum Gasteiger partial charge on any atom is -0.467 e. The van der Waals surface area contributed by atoms with Crippen LogP contribution in [-0.4, -0.2) is 48.6 Å². The maximum Gasteiger partial charge on any atom is 0.418 e. The Labute approximate surface area is 123 Å². The molecule has 2 aliphatic rings. The lowest BCUT2D eigenvalue weighted by Gasteiger charge is -2.28. The summed E-state index contributed by atoms with van der Waals surface area (Å²) in [5.41, 5.74) is 0.598. The van der Waals surface area contributed by atoms with E-state index in [1.165, 1.54) is 18.4 Å². The van der Waals surface area contributed by atoms with E-state index in [1.807, 2.05) is 0 Å². The Morgan fingerprint density at radius 2 is 2.24 bits per heavy atom. The third kappa shape index (κ3) is 2.18. The number of esters is 1. The largest absolute Gasteiger partial charge is 0.467 e. The van der Waals surface area contributed by atoms with Gasteiger partial charge in [0.2, 0.25) is 0 Å². The van der Waals surface area contributed by atoms with Crippen molar-refractivity contribution < 1.29 is 31.6 Å². The first-order valence-electron chi connectivity index (χ1n) is 5.75. The molecule has 11 heteroatoms. The van der Waals surface area contributed by atoms with Gasteiger partial charge >= 0.3 is 22.4 Å². The highest BCUT2D eigenvalue weighted by molar-refractivity contribution is 7.80. The van der Waals surface area contributed by atoms with Crippen LogP contribution in [-0.2, 0) is 24.2 Å². The van der Waals surface area contributed by atoms with Crippen LogP contribution in [0.3, 0.4) is 0 Å². The van der Waals surface area contributed by atoms with Crippen LogP contribution in [0, 0.1) is 0 Å². The highest BCUT2D eigenvalue weighted by atomic mass is 32.3. The van der Waals surface area contributed by atoms with Gasteiger partial charge in [0, 0.05) is 4.88 Å². The lowest BCUT2D eigenvalue weighted by molar-refractivity contribution is -0.146. The molecule has 114 valence electrons. The number of thiophene rings is 1. The Hall–Kier alpha value is -1.69. The number of ether oxygens (including phenoxy) is 1. The molecule has 2 amide bonds. The second kappa shape index (κ2) is 4.66. The van der Waals surface area contributed by atoms with Crippen molar-refractivity contribution in [3.05, 3.63) is 21.9 Å². The standard InChI is InChI=1S/C10H10N2O7S2/c1-18-9(13)7-8-5(2-3-20-8)6-4-11(7)10(14)12(6)19-21(15,16)17/h2-3,6-7H,4H2,1H3,(H,15,16,17)/t6-,7+/m1/s1. The van der Waals surface area contributed by atoms with Crippen LogP contribution in [0.5, 0.6) is 0 Å². The predicted octanol–water partition coefficient (Wildman–Crippen LogP) is 0.489. The molecule has 2 atom stereocenters. The second-order valence-corrected chi connectivity index (χ2v) is 6.40. The molecule has 1 N–H and O–H groups in total. The van der Waals surface area contributed by atoms with Crippen LogP contribution in [0.2, 0.25) is 0 Å². The van der Waals surface area contributed by atoms with Gasteiger partial charge in [-0.2, -0.15) is 13.5 Å². The number of rotatable bonds is 3. The molecule has 0 unspecified atom stereocenters. The van der Waals surface area contributed by atoms with Gasteiger partial charge in [0.05, 0.1) is 13.7 Å². The molecular weight excluding hydrogens is 324 g/mol. The fraction of sp³-hybridized carbons (Fsp3) is 0.400. The van der Waals surface area contributed by atoms with Gasteiger partial charge in [0.25, 0.3) is 0 Å². The molecular formula is C10H10N2O7S2. The third-order valence-electron chi connectivity index (χ3n) is 3.33. The number of carbonyl (C=O) groups excluding carboxylic acids is 2. The van der Waals surface area contributed by atoms with Crippen molar-refractivity contribution in [2.24, 2.45) is 0 Å². The van der Waals surface area contributed by atoms with Gasteiger partial charge in [-0.25, -0.2) is 9.59 Å². The van der Waals surface area contributed by atoms with Crippen LogP contribution in [0.4, 0.5) is 4.79 Å². The molecule has 2 bridgehead atoms. The molecule has 0 radical (unpaired) electrons. The van der Waals surface area contributed by atoms with Gasteiger partial charge in [-0.05, 0) is 17.0 Å². The third-order valence-corrected chi connectivity index (χ3v) is 4.67. The number of fused-ring (bicyclic) bond motifs is 4. The molecule has 1 aromatic rings. The van der Waals surface area contributed by atoms with Crippen molar-refractivity contribution >= 4 is 33.7 Å². The highest BCUT2D eigenvalue weighted by Gasteiger charge is 2.53. The normalized spacial score (nSPS) is 24.2.